The third-order valence-electron chi connectivity index (χ3n) is 4.03. The molecule has 1 saturated carbocycles. The van der Waals surface area contributed by atoms with E-state index in [1.54, 1.807) is 12.0 Å². The minimum absolute atomic E-state index is 0.0299. The number of urea groups is 1. The highest BCUT2D eigenvalue weighted by Gasteiger charge is 2.31. The molecule has 1 unspecified atom stereocenters. The van der Waals surface area contributed by atoms with Gasteiger partial charge in [-0.15, -0.1) is 0 Å². The monoisotopic (exact) mass is 286 g/mol. The van der Waals surface area contributed by atoms with Crippen LogP contribution in [0, 0.1) is 5.92 Å². The van der Waals surface area contributed by atoms with E-state index in [1.807, 2.05) is 13.8 Å². The van der Waals surface area contributed by atoms with E-state index in [0.717, 1.165) is 12.8 Å². The van der Waals surface area contributed by atoms with Crippen molar-refractivity contribution in [2.24, 2.45) is 5.92 Å². The second-order valence-corrected chi connectivity index (χ2v) is 5.44. The molecule has 1 rings (SSSR count). The Bertz CT molecular complexity index is 335. The highest BCUT2D eigenvalue weighted by Crippen LogP contribution is 2.25. The van der Waals surface area contributed by atoms with Gasteiger partial charge in [-0.1, -0.05) is 6.92 Å². The van der Waals surface area contributed by atoms with Gasteiger partial charge in [0.25, 0.3) is 0 Å². The number of rotatable bonds is 7. The van der Waals surface area contributed by atoms with Gasteiger partial charge in [0.15, 0.2) is 0 Å². The zero-order valence-corrected chi connectivity index (χ0v) is 12.6. The molecule has 0 bridgehead atoms. The third-order valence-corrected chi connectivity index (χ3v) is 4.03. The summed E-state index contributed by atoms with van der Waals surface area (Å²) < 4.78 is 5.04. The van der Waals surface area contributed by atoms with Gasteiger partial charge >= 0.3 is 12.0 Å². The van der Waals surface area contributed by atoms with Crippen LogP contribution in [-0.2, 0) is 9.53 Å². The van der Waals surface area contributed by atoms with Gasteiger partial charge in [-0.25, -0.2) is 4.79 Å². The second-order valence-electron chi connectivity index (χ2n) is 5.44. The van der Waals surface area contributed by atoms with Crippen molar-refractivity contribution in [3.8, 4) is 0 Å². The molecule has 0 aromatic heterocycles. The summed E-state index contributed by atoms with van der Waals surface area (Å²) in [6, 6.07) is -0.00744. The molecule has 1 fully saturated rings. The standard InChI is InChI=1S/C14H26N2O4/c1-4-10(2)16(7-8-20-3)14(19)15-12-6-5-11(9-12)13(17)18/h10-12H,4-9H2,1-3H3,(H,15,19)(H,17,18)/t10?,11-,12+/m1/s1. The summed E-state index contributed by atoms with van der Waals surface area (Å²) in [5.41, 5.74) is 0. The van der Waals surface area contributed by atoms with E-state index < -0.39 is 5.97 Å². The highest BCUT2D eigenvalue weighted by molar-refractivity contribution is 5.75. The van der Waals surface area contributed by atoms with Gasteiger partial charge in [-0.05, 0) is 32.6 Å². The van der Waals surface area contributed by atoms with Gasteiger partial charge in [-0.3, -0.25) is 4.79 Å². The Morgan fingerprint density at radius 1 is 1.45 bits per heavy atom. The number of aliphatic carboxylic acids is 1. The van der Waals surface area contributed by atoms with Crippen LogP contribution in [0.15, 0.2) is 0 Å². The number of carboxylic acids is 1. The van der Waals surface area contributed by atoms with Crippen LogP contribution in [0.5, 0.6) is 0 Å². The summed E-state index contributed by atoms with van der Waals surface area (Å²) in [6.07, 6.45) is 2.78. The average molecular weight is 286 g/mol. The van der Waals surface area contributed by atoms with Crippen molar-refractivity contribution in [3.05, 3.63) is 0 Å². The van der Waals surface area contributed by atoms with E-state index in [-0.39, 0.29) is 24.0 Å². The molecule has 20 heavy (non-hydrogen) atoms. The van der Waals surface area contributed by atoms with Crippen molar-refractivity contribution in [1.82, 2.24) is 10.2 Å². The molecule has 0 saturated heterocycles. The van der Waals surface area contributed by atoms with Gasteiger partial charge in [0, 0.05) is 25.7 Å². The Labute approximate surface area is 120 Å². The first kappa shape index (κ1) is 16.8. The normalized spacial score (nSPS) is 23.4. The maximum absolute atomic E-state index is 12.3. The van der Waals surface area contributed by atoms with Crippen LogP contribution in [0.2, 0.25) is 0 Å². The first-order valence-corrected chi connectivity index (χ1v) is 7.28. The van der Waals surface area contributed by atoms with Gasteiger partial charge < -0.3 is 20.1 Å². The molecule has 6 nitrogen and oxygen atoms in total. The lowest BCUT2D eigenvalue weighted by molar-refractivity contribution is -0.141. The topological polar surface area (TPSA) is 78.9 Å². The van der Waals surface area contributed by atoms with Crippen LogP contribution in [-0.4, -0.2) is 54.4 Å². The number of nitrogens with zero attached hydrogens (tertiary/aromatic N) is 1. The fourth-order valence-electron chi connectivity index (χ4n) is 2.53. The van der Waals surface area contributed by atoms with Crippen molar-refractivity contribution in [1.29, 1.82) is 0 Å². The Hall–Kier alpha value is -1.30. The maximum atomic E-state index is 12.3. The van der Waals surface area contributed by atoms with E-state index >= 15 is 0 Å². The number of ether oxygens (including phenoxy) is 1. The Kier molecular flexibility index (Phi) is 6.78. The molecule has 0 heterocycles. The zero-order chi connectivity index (χ0) is 15.1. The number of carbonyl (C=O) groups is 2. The first-order chi connectivity index (χ1) is 9.49. The zero-order valence-electron chi connectivity index (χ0n) is 12.6. The maximum Gasteiger partial charge on any atom is 0.317 e. The van der Waals surface area contributed by atoms with Crippen LogP contribution in [0.4, 0.5) is 4.79 Å². The molecule has 1 aliphatic carbocycles. The van der Waals surface area contributed by atoms with Gasteiger partial charge in [-0.2, -0.15) is 0 Å². The van der Waals surface area contributed by atoms with E-state index in [4.69, 9.17) is 9.84 Å². The van der Waals surface area contributed by atoms with E-state index in [9.17, 15) is 9.59 Å². The number of hydrogen-bond acceptors (Lipinski definition) is 3. The number of carbonyl (C=O) groups excluding carboxylic acids is 1. The molecular weight excluding hydrogens is 260 g/mol. The molecule has 2 amide bonds. The van der Waals surface area contributed by atoms with Crippen LogP contribution in [0.25, 0.3) is 0 Å². The summed E-state index contributed by atoms with van der Waals surface area (Å²) in [5.74, 6) is -1.09. The summed E-state index contributed by atoms with van der Waals surface area (Å²) in [5, 5.41) is 11.9. The minimum Gasteiger partial charge on any atom is -0.481 e. The lowest BCUT2D eigenvalue weighted by Gasteiger charge is -2.30. The van der Waals surface area contributed by atoms with Crippen molar-refractivity contribution in [2.75, 3.05) is 20.3 Å². The predicted octanol–water partition coefficient (Wildman–Crippen LogP) is 1.70. The van der Waals surface area contributed by atoms with E-state index in [0.29, 0.717) is 26.0 Å². The SMILES string of the molecule is CCC(C)N(CCOC)C(=O)N[C@H]1CC[C@@H](C(=O)O)C1. The van der Waals surface area contributed by atoms with Crippen molar-refractivity contribution >= 4 is 12.0 Å². The molecule has 2 N–H and O–H groups in total. The lowest BCUT2D eigenvalue weighted by Crippen LogP contribution is -2.49. The lowest BCUT2D eigenvalue weighted by atomic mass is 10.1. The van der Waals surface area contributed by atoms with Crippen molar-refractivity contribution in [2.45, 2.75) is 51.6 Å². The average Bonchev–Trinajstić information content (AvgIpc) is 2.87. The fraction of sp³-hybridized carbons (Fsp3) is 0.857. The van der Waals surface area contributed by atoms with Crippen LogP contribution < -0.4 is 5.32 Å². The first-order valence-electron chi connectivity index (χ1n) is 7.28. The van der Waals surface area contributed by atoms with E-state index in [2.05, 4.69) is 5.32 Å². The summed E-state index contributed by atoms with van der Waals surface area (Å²) in [6.45, 7) is 5.09. The second kappa shape index (κ2) is 8.09. The van der Waals surface area contributed by atoms with Crippen LogP contribution in [0.1, 0.15) is 39.5 Å². The van der Waals surface area contributed by atoms with Crippen LogP contribution in [0.3, 0.4) is 0 Å². The quantitative estimate of drug-likeness (QED) is 0.746. The minimum atomic E-state index is -0.764. The number of carboxylic acid groups (broad SMARTS) is 1. The number of methoxy groups -OCH3 is 1. The molecule has 0 spiro atoms. The van der Waals surface area contributed by atoms with Crippen LogP contribution >= 0.6 is 0 Å². The smallest absolute Gasteiger partial charge is 0.317 e. The summed E-state index contributed by atoms with van der Waals surface area (Å²) in [7, 11) is 1.61. The van der Waals surface area contributed by atoms with Gasteiger partial charge in [0.1, 0.15) is 0 Å². The molecule has 0 aliphatic heterocycles. The number of amides is 2. The highest BCUT2D eigenvalue weighted by atomic mass is 16.5. The molecule has 1 aliphatic rings. The molecule has 0 aromatic rings. The number of nitrogens with one attached hydrogen (secondary N) is 1. The van der Waals surface area contributed by atoms with Gasteiger partial charge in [0.2, 0.25) is 0 Å². The molecule has 0 radical (unpaired) electrons. The molecule has 0 aromatic carbocycles. The van der Waals surface area contributed by atoms with Crippen molar-refractivity contribution < 1.29 is 19.4 Å². The predicted molar refractivity (Wildman–Crippen MR) is 75.6 cm³/mol. The van der Waals surface area contributed by atoms with Crippen molar-refractivity contribution in [3.63, 3.8) is 0 Å². The molecular formula is C14H26N2O4. The van der Waals surface area contributed by atoms with Gasteiger partial charge in [0.05, 0.1) is 12.5 Å². The Morgan fingerprint density at radius 3 is 2.65 bits per heavy atom. The summed E-state index contributed by atoms with van der Waals surface area (Å²) in [4.78, 5) is 25.0. The third kappa shape index (κ3) is 4.67. The Morgan fingerprint density at radius 2 is 2.15 bits per heavy atom. The summed E-state index contributed by atoms with van der Waals surface area (Å²) >= 11 is 0. The Balaban J connectivity index is 2.51. The molecule has 116 valence electrons. The molecule has 6 heteroatoms. The number of hydrogen-bond donors (Lipinski definition) is 2. The molecule has 3 atom stereocenters. The largest absolute Gasteiger partial charge is 0.481 e. The van der Waals surface area contributed by atoms with E-state index in [1.165, 1.54) is 0 Å². The fourth-order valence-corrected chi connectivity index (χ4v) is 2.53.